The fraction of sp³-hybridized carbons (Fsp3) is 0.316. The van der Waals surface area contributed by atoms with E-state index in [0.29, 0.717) is 22.5 Å². The molecule has 142 valence electrons. The summed E-state index contributed by atoms with van der Waals surface area (Å²) >= 11 is 0. The zero-order valence-corrected chi connectivity index (χ0v) is 16.0. The van der Waals surface area contributed by atoms with Gasteiger partial charge in [-0.25, -0.2) is 4.79 Å². The van der Waals surface area contributed by atoms with Crippen molar-refractivity contribution >= 4 is 22.6 Å². The summed E-state index contributed by atoms with van der Waals surface area (Å²) in [6, 6.07) is 7.21. The van der Waals surface area contributed by atoms with Crippen LogP contribution >= 0.6 is 0 Å². The number of ether oxygens (including phenoxy) is 1. The van der Waals surface area contributed by atoms with Crippen molar-refractivity contribution in [2.45, 2.75) is 13.5 Å². The van der Waals surface area contributed by atoms with Crippen LogP contribution in [0.4, 0.5) is 5.69 Å². The Morgan fingerprint density at radius 1 is 1.15 bits per heavy atom. The van der Waals surface area contributed by atoms with Crippen LogP contribution in [-0.2, 0) is 25.4 Å². The maximum atomic E-state index is 12.9. The van der Waals surface area contributed by atoms with Crippen molar-refractivity contribution in [2.75, 3.05) is 19.1 Å². The lowest BCUT2D eigenvalue weighted by Gasteiger charge is -2.21. The van der Waals surface area contributed by atoms with E-state index in [-0.39, 0.29) is 18.0 Å². The van der Waals surface area contributed by atoms with Gasteiger partial charge in [0, 0.05) is 27.3 Å². The first-order chi connectivity index (χ1) is 12.8. The van der Waals surface area contributed by atoms with Crippen LogP contribution in [0.2, 0.25) is 0 Å². The van der Waals surface area contributed by atoms with Crippen LogP contribution in [-0.4, -0.2) is 33.8 Å². The molecule has 0 aliphatic carbocycles. The molecule has 0 aliphatic heterocycles. The van der Waals surface area contributed by atoms with Gasteiger partial charge in [-0.2, -0.15) is 0 Å². The highest BCUT2D eigenvalue weighted by atomic mass is 16.5. The van der Waals surface area contributed by atoms with Gasteiger partial charge in [-0.1, -0.05) is 6.07 Å². The summed E-state index contributed by atoms with van der Waals surface area (Å²) in [5, 5.41) is 0.392. The summed E-state index contributed by atoms with van der Waals surface area (Å²) < 4.78 is 9.39. The van der Waals surface area contributed by atoms with Gasteiger partial charge in [0.2, 0.25) is 5.91 Å². The van der Waals surface area contributed by atoms with Crippen LogP contribution in [0.15, 0.2) is 40.1 Å². The van der Waals surface area contributed by atoms with Gasteiger partial charge in [0.15, 0.2) is 0 Å². The number of benzene rings is 1. The molecule has 3 aromatic rings. The SMILES string of the molecule is COc1ccc(C)cc1N(C)C(=O)Cn1ccc2c(=O)n(C)c(=O)n(C)c21. The Morgan fingerprint density at radius 2 is 1.85 bits per heavy atom. The summed E-state index contributed by atoms with van der Waals surface area (Å²) in [5.41, 5.74) is 1.26. The van der Waals surface area contributed by atoms with Crippen LogP contribution in [0, 0.1) is 6.92 Å². The highest BCUT2D eigenvalue weighted by Gasteiger charge is 2.19. The van der Waals surface area contributed by atoms with E-state index in [1.165, 1.54) is 16.5 Å². The monoisotopic (exact) mass is 370 g/mol. The molecule has 0 unspecified atom stereocenters. The molecule has 3 rings (SSSR count). The number of likely N-dealkylation sites (N-methyl/N-ethyl adjacent to an activating group) is 1. The molecule has 2 heterocycles. The van der Waals surface area contributed by atoms with Gasteiger partial charge in [-0.3, -0.25) is 18.7 Å². The van der Waals surface area contributed by atoms with Crippen LogP contribution in [0.25, 0.3) is 11.0 Å². The van der Waals surface area contributed by atoms with Gasteiger partial charge in [-0.15, -0.1) is 0 Å². The highest BCUT2D eigenvalue weighted by molar-refractivity contribution is 5.95. The van der Waals surface area contributed by atoms with E-state index < -0.39 is 5.69 Å². The number of aromatic nitrogens is 3. The number of carbonyl (C=O) groups is 1. The molecule has 8 heteroatoms. The molecule has 0 saturated carbocycles. The fourth-order valence-electron chi connectivity index (χ4n) is 3.16. The van der Waals surface area contributed by atoms with Gasteiger partial charge in [0.05, 0.1) is 18.2 Å². The van der Waals surface area contributed by atoms with E-state index in [1.54, 1.807) is 38.0 Å². The molecule has 2 aromatic heterocycles. The first-order valence-electron chi connectivity index (χ1n) is 8.42. The zero-order chi connectivity index (χ0) is 19.9. The molecule has 0 spiro atoms. The maximum Gasteiger partial charge on any atom is 0.332 e. The smallest absolute Gasteiger partial charge is 0.332 e. The van der Waals surface area contributed by atoms with E-state index in [0.717, 1.165) is 10.1 Å². The van der Waals surface area contributed by atoms with E-state index >= 15 is 0 Å². The molecule has 0 N–H and O–H groups in total. The van der Waals surface area contributed by atoms with E-state index in [2.05, 4.69) is 0 Å². The Kier molecular flexibility index (Phi) is 4.65. The summed E-state index contributed by atoms with van der Waals surface area (Å²) in [5.74, 6) is 0.389. The molecule has 0 saturated heterocycles. The minimum absolute atomic E-state index is 0.0163. The largest absolute Gasteiger partial charge is 0.495 e. The third-order valence-electron chi connectivity index (χ3n) is 4.74. The van der Waals surface area contributed by atoms with Crippen molar-refractivity contribution in [1.29, 1.82) is 0 Å². The van der Waals surface area contributed by atoms with Gasteiger partial charge >= 0.3 is 5.69 Å². The lowest BCUT2D eigenvalue weighted by atomic mass is 10.2. The van der Waals surface area contributed by atoms with E-state index in [9.17, 15) is 14.4 Å². The summed E-state index contributed by atoms with van der Waals surface area (Å²) in [7, 11) is 6.24. The first-order valence-corrected chi connectivity index (χ1v) is 8.42. The van der Waals surface area contributed by atoms with Crippen molar-refractivity contribution in [3.05, 3.63) is 56.9 Å². The minimum atomic E-state index is -0.436. The standard InChI is InChI=1S/C19H22N4O4/c1-12-6-7-15(27-5)14(10-12)20(2)16(24)11-23-9-8-13-17(23)21(3)19(26)22(4)18(13)25/h6-10H,11H2,1-5H3. The van der Waals surface area contributed by atoms with Crippen LogP contribution in [0.3, 0.4) is 0 Å². The van der Waals surface area contributed by atoms with Crippen molar-refractivity contribution in [3.8, 4) is 5.75 Å². The third-order valence-corrected chi connectivity index (χ3v) is 4.74. The Bertz CT molecular complexity index is 1150. The first kappa shape index (κ1) is 18.5. The third kappa shape index (κ3) is 3.03. The predicted molar refractivity (Wildman–Crippen MR) is 104 cm³/mol. The Labute approximate surface area is 155 Å². The summed E-state index contributed by atoms with van der Waals surface area (Å²) in [6.07, 6.45) is 1.64. The van der Waals surface area contributed by atoms with Crippen molar-refractivity contribution in [1.82, 2.24) is 13.7 Å². The molecular formula is C19H22N4O4. The lowest BCUT2D eigenvalue weighted by Crippen LogP contribution is -2.38. The number of amides is 1. The Hall–Kier alpha value is -3.29. The van der Waals surface area contributed by atoms with Crippen molar-refractivity contribution in [2.24, 2.45) is 14.1 Å². The Balaban J connectivity index is 2.01. The van der Waals surface area contributed by atoms with Crippen LogP contribution < -0.4 is 20.9 Å². The number of fused-ring (bicyclic) bond motifs is 1. The van der Waals surface area contributed by atoms with Gasteiger partial charge < -0.3 is 14.2 Å². The second-order valence-corrected chi connectivity index (χ2v) is 6.51. The number of nitrogens with zero attached hydrogens (tertiary/aromatic N) is 4. The molecule has 1 aromatic carbocycles. The quantitative estimate of drug-likeness (QED) is 0.687. The summed E-state index contributed by atoms with van der Waals surface area (Å²) in [6.45, 7) is 1.92. The van der Waals surface area contributed by atoms with Gasteiger partial charge in [0.25, 0.3) is 5.56 Å². The average molecular weight is 370 g/mol. The second-order valence-electron chi connectivity index (χ2n) is 6.51. The molecule has 1 amide bonds. The van der Waals surface area contributed by atoms with E-state index in [4.69, 9.17) is 4.74 Å². The number of anilines is 1. The molecule has 0 fully saturated rings. The fourth-order valence-corrected chi connectivity index (χ4v) is 3.16. The predicted octanol–water partition coefficient (Wildman–Crippen LogP) is 1.02. The molecular weight excluding hydrogens is 348 g/mol. The van der Waals surface area contributed by atoms with Crippen molar-refractivity contribution < 1.29 is 9.53 Å². The molecule has 0 bridgehead atoms. The van der Waals surface area contributed by atoms with Crippen molar-refractivity contribution in [3.63, 3.8) is 0 Å². The molecule has 0 aliphatic rings. The topological polar surface area (TPSA) is 78.5 Å². The second kappa shape index (κ2) is 6.79. The lowest BCUT2D eigenvalue weighted by molar-refractivity contribution is -0.118. The Morgan fingerprint density at radius 3 is 2.52 bits per heavy atom. The average Bonchev–Trinajstić information content (AvgIpc) is 3.07. The van der Waals surface area contributed by atoms with E-state index in [1.807, 2.05) is 25.1 Å². The number of carbonyl (C=O) groups excluding carboxylic acids is 1. The van der Waals surface area contributed by atoms with Crippen LogP contribution in [0.1, 0.15) is 5.56 Å². The molecule has 8 nitrogen and oxygen atoms in total. The number of hydrogen-bond donors (Lipinski definition) is 0. The van der Waals surface area contributed by atoms with Crippen LogP contribution in [0.5, 0.6) is 5.75 Å². The van der Waals surface area contributed by atoms with Gasteiger partial charge in [-0.05, 0) is 30.7 Å². The number of methoxy groups -OCH3 is 1. The minimum Gasteiger partial charge on any atom is -0.495 e. The number of aryl methyl sites for hydroxylation is 2. The zero-order valence-electron chi connectivity index (χ0n) is 16.0. The molecule has 0 radical (unpaired) electrons. The number of hydrogen-bond acceptors (Lipinski definition) is 4. The molecule has 0 atom stereocenters. The highest BCUT2D eigenvalue weighted by Crippen LogP contribution is 2.28. The number of rotatable bonds is 4. The normalized spacial score (nSPS) is 11.0. The van der Waals surface area contributed by atoms with Gasteiger partial charge in [0.1, 0.15) is 17.9 Å². The maximum absolute atomic E-state index is 12.9. The molecule has 27 heavy (non-hydrogen) atoms. The summed E-state index contributed by atoms with van der Waals surface area (Å²) in [4.78, 5) is 38.9.